The number of rotatable bonds is 4. The summed E-state index contributed by atoms with van der Waals surface area (Å²) in [6.45, 7) is -0.0684. The number of halogens is 1. The van der Waals surface area contributed by atoms with Crippen molar-refractivity contribution in [3.8, 4) is 0 Å². The highest BCUT2D eigenvalue weighted by atomic mass is 19.1. The van der Waals surface area contributed by atoms with Crippen molar-refractivity contribution in [2.75, 3.05) is 6.54 Å². The summed E-state index contributed by atoms with van der Waals surface area (Å²) in [6, 6.07) is 9.75. The third-order valence-electron chi connectivity index (χ3n) is 3.47. The molecule has 2 aromatic rings. The summed E-state index contributed by atoms with van der Waals surface area (Å²) in [5.41, 5.74) is 0.367. The number of carbonyl (C=O) groups excluding carboxylic acids is 2. The van der Waals surface area contributed by atoms with Gasteiger partial charge < -0.3 is 10.6 Å². The summed E-state index contributed by atoms with van der Waals surface area (Å²) < 4.78 is 13.7. The van der Waals surface area contributed by atoms with Crippen molar-refractivity contribution >= 4 is 22.6 Å². The van der Waals surface area contributed by atoms with Crippen molar-refractivity contribution < 1.29 is 14.0 Å². The van der Waals surface area contributed by atoms with Crippen LogP contribution in [-0.2, 0) is 4.79 Å². The lowest BCUT2D eigenvalue weighted by Crippen LogP contribution is -2.37. The molecule has 1 fully saturated rings. The van der Waals surface area contributed by atoms with Crippen LogP contribution in [0.4, 0.5) is 4.39 Å². The molecule has 108 valence electrons. The van der Waals surface area contributed by atoms with Gasteiger partial charge in [0.1, 0.15) is 5.82 Å². The molecule has 1 aliphatic rings. The van der Waals surface area contributed by atoms with Gasteiger partial charge in [0.25, 0.3) is 5.91 Å². The molecule has 0 saturated heterocycles. The Bertz CT molecular complexity index is 710. The smallest absolute Gasteiger partial charge is 0.252 e. The summed E-state index contributed by atoms with van der Waals surface area (Å²) in [6.07, 6.45) is 2.00. The SMILES string of the molecule is O=C(CNC(=O)c1ccc(F)c2ccccc12)NC1CC1. The predicted molar refractivity (Wildman–Crippen MR) is 77.4 cm³/mol. The van der Waals surface area contributed by atoms with E-state index in [9.17, 15) is 14.0 Å². The number of carbonyl (C=O) groups is 2. The van der Waals surface area contributed by atoms with E-state index in [2.05, 4.69) is 10.6 Å². The van der Waals surface area contributed by atoms with Crippen LogP contribution in [0.15, 0.2) is 36.4 Å². The van der Waals surface area contributed by atoms with Gasteiger partial charge in [0.15, 0.2) is 0 Å². The van der Waals surface area contributed by atoms with Crippen LogP contribution >= 0.6 is 0 Å². The minimum Gasteiger partial charge on any atom is -0.352 e. The molecule has 2 aromatic carbocycles. The Hall–Kier alpha value is -2.43. The molecular formula is C16H15FN2O2. The van der Waals surface area contributed by atoms with Crippen LogP contribution in [0.2, 0.25) is 0 Å². The van der Waals surface area contributed by atoms with Crippen molar-refractivity contribution in [2.24, 2.45) is 0 Å². The van der Waals surface area contributed by atoms with Crippen molar-refractivity contribution in [3.05, 3.63) is 47.8 Å². The highest BCUT2D eigenvalue weighted by Crippen LogP contribution is 2.21. The van der Waals surface area contributed by atoms with E-state index in [1.165, 1.54) is 12.1 Å². The van der Waals surface area contributed by atoms with E-state index in [0.717, 1.165) is 12.8 Å². The average Bonchev–Trinajstić information content (AvgIpc) is 3.29. The minimum atomic E-state index is -0.378. The number of amides is 2. The monoisotopic (exact) mass is 286 g/mol. The Morgan fingerprint density at radius 3 is 2.52 bits per heavy atom. The molecule has 0 radical (unpaired) electrons. The van der Waals surface area contributed by atoms with Crippen LogP contribution in [0.25, 0.3) is 10.8 Å². The van der Waals surface area contributed by atoms with Crippen LogP contribution in [-0.4, -0.2) is 24.4 Å². The summed E-state index contributed by atoms with van der Waals surface area (Å²) in [5.74, 6) is -0.942. The van der Waals surface area contributed by atoms with Gasteiger partial charge in [0, 0.05) is 17.0 Å². The third-order valence-corrected chi connectivity index (χ3v) is 3.47. The van der Waals surface area contributed by atoms with E-state index in [-0.39, 0.29) is 30.2 Å². The van der Waals surface area contributed by atoms with E-state index in [1.807, 2.05) is 0 Å². The molecule has 0 atom stereocenters. The standard InChI is InChI=1S/C16H15FN2O2/c17-14-8-7-13(11-3-1-2-4-12(11)14)16(21)18-9-15(20)19-10-5-6-10/h1-4,7-8,10H,5-6,9H2,(H,18,21)(H,19,20). The number of hydrogen-bond acceptors (Lipinski definition) is 2. The zero-order valence-corrected chi connectivity index (χ0v) is 11.4. The fourth-order valence-corrected chi connectivity index (χ4v) is 2.22. The second-order valence-electron chi connectivity index (χ2n) is 5.16. The predicted octanol–water partition coefficient (Wildman–Crippen LogP) is 1.99. The summed E-state index contributed by atoms with van der Waals surface area (Å²) in [4.78, 5) is 23.7. The van der Waals surface area contributed by atoms with Gasteiger partial charge >= 0.3 is 0 Å². The molecule has 1 saturated carbocycles. The van der Waals surface area contributed by atoms with Gasteiger partial charge in [0.2, 0.25) is 5.91 Å². The second-order valence-corrected chi connectivity index (χ2v) is 5.16. The highest BCUT2D eigenvalue weighted by molar-refractivity contribution is 6.07. The van der Waals surface area contributed by atoms with E-state index in [1.54, 1.807) is 24.3 Å². The lowest BCUT2D eigenvalue weighted by atomic mass is 10.0. The molecule has 0 aromatic heterocycles. The van der Waals surface area contributed by atoms with Crippen molar-refractivity contribution in [1.29, 1.82) is 0 Å². The first kappa shape index (κ1) is 13.5. The van der Waals surface area contributed by atoms with Gasteiger partial charge in [-0.25, -0.2) is 4.39 Å². The molecule has 0 aliphatic heterocycles. The van der Waals surface area contributed by atoms with Crippen molar-refractivity contribution in [2.45, 2.75) is 18.9 Å². The van der Waals surface area contributed by atoms with Crippen molar-refractivity contribution in [1.82, 2.24) is 10.6 Å². The van der Waals surface area contributed by atoms with Crippen LogP contribution < -0.4 is 10.6 Å². The Balaban J connectivity index is 1.75. The quantitative estimate of drug-likeness (QED) is 0.903. The molecule has 2 amide bonds. The number of fused-ring (bicyclic) bond motifs is 1. The topological polar surface area (TPSA) is 58.2 Å². The number of hydrogen-bond donors (Lipinski definition) is 2. The van der Waals surface area contributed by atoms with Crippen LogP contribution in [0.5, 0.6) is 0 Å². The highest BCUT2D eigenvalue weighted by Gasteiger charge is 2.23. The number of benzene rings is 2. The summed E-state index contributed by atoms with van der Waals surface area (Å²) in [5, 5.41) is 6.30. The Labute approximate surface area is 121 Å². The van der Waals surface area contributed by atoms with E-state index >= 15 is 0 Å². The molecular weight excluding hydrogens is 271 g/mol. The van der Waals surface area contributed by atoms with Gasteiger partial charge in [-0.05, 0) is 30.4 Å². The maximum Gasteiger partial charge on any atom is 0.252 e. The van der Waals surface area contributed by atoms with Crippen molar-refractivity contribution in [3.63, 3.8) is 0 Å². The van der Waals surface area contributed by atoms with Crippen LogP contribution in [0.3, 0.4) is 0 Å². The third kappa shape index (κ3) is 3.02. The molecule has 5 heteroatoms. The Kier molecular flexibility index (Phi) is 3.56. The lowest BCUT2D eigenvalue weighted by Gasteiger charge is -2.09. The molecule has 3 rings (SSSR count). The summed E-state index contributed by atoms with van der Waals surface area (Å²) >= 11 is 0. The zero-order chi connectivity index (χ0) is 14.8. The normalized spacial score (nSPS) is 14.0. The molecule has 0 bridgehead atoms. The molecule has 4 nitrogen and oxygen atoms in total. The minimum absolute atomic E-state index is 0.0684. The van der Waals surface area contributed by atoms with E-state index < -0.39 is 0 Å². The van der Waals surface area contributed by atoms with Gasteiger partial charge in [-0.2, -0.15) is 0 Å². The van der Waals surface area contributed by atoms with Gasteiger partial charge in [0.05, 0.1) is 6.54 Å². The molecule has 0 unspecified atom stereocenters. The molecule has 0 heterocycles. The maximum absolute atomic E-state index is 13.7. The largest absolute Gasteiger partial charge is 0.352 e. The fourth-order valence-electron chi connectivity index (χ4n) is 2.22. The van der Waals surface area contributed by atoms with Gasteiger partial charge in [-0.1, -0.05) is 24.3 Å². The van der Waals surface area contributed by atoms with E-state index in [4.69, 9.17) is 0 Å². The Morgan fingerprint density at radius 2 is 1.81 bits per heavy atom. The first-order chi connectivity index (χ1) is 10.1. The molecule has 21 heavy (non-hydrogen) atoms. The maximum atomic E-state index is 13.7. The Morgan fingerprint density at radius 1 is 1.10 bits per heavy atom. The molecule has 0 spiro atoms. The lowest BCUT2D eigenvalue weighted by molar-refractivity contribution is -0.120. The van der Waals surface area contributed by atoms with E-state index in [0.29, 0.717) is 16.3 Å². The van der Waals surface area contributed by atoms with Crippen LogP contribution in [0.1, 0.15) is 23.2 Å². The summed E-state index contributed by atoms with van der Waals surface area (Å²) in [7, 11) is 0. The second kappa shape index (κ2) is 5.52. The zero-order valence-electron chi connectivity index (χ0n) is 11.4. The first-order valence-corrected chi connectivity index (χ1v) is 6.90. The van der Waals surface area contributed by atoms with Gasteiger partial charge in [-0.15, -0.1) is 0 Å². The van der Waals surface area contributed by atoms with Crippen LogP contribution in [0, 0.1) is 5.82 Å². The number of nitrogens with one attached hydrogen (secondary N) is 2. The van der Waals surface area contributed by atoms with Gasteiger partial charge in [-0.3, -0.25) is 9.59 Å². The average molecular weight is 286 g/mol. The first-order valence-electron chi connectivity index (χ1n) is 6.90. The fraction of sp³-hybridized carbons (Fsp3) is 0.250. The molecule has 2 N–H and O–H groups in total. The molecule has 1 aliphatic carbocycles.